The average molecular weight is 474 g/mol. The van der Waals surface area contributed by atoms with E-state index in [1.165, 1.54) is 63.4 Å². The van der Waals surface area contributed by atoms with E-state index in [2.05, 4.69) is 41.0 Å². The second-order valence-corrected chi connectivity index (χ2v) is 9.16. The SMILES string of the molecule is Cn1c(NCCCCCCCCCCCc2ccccc2)ccc1C(=O)NC(=O)c1ccccc1. The smallest absolute Gasteiger partial charge is 0.274 e. The van der Waals surface area contributed by atoms with Crippen molar-refractivity contribution in [2.75, 3.05) is 11.9 Å². The fraction of sp³-hybridized carbons (Fsp3) is 0.400. The number of aromatic nitrogens is 1. The summed E-state index contributed by atoms with van der Waals surface area (Å²) in [5.41, 5.74) is 2.38. The Kier molecular flexibility index (Phi) is 11.1. The number of carbonyl (C=O) groups excluding carboxylic acids is 2. The Labute approximate surface area is 209 Å². The molecule has 0 saturated carbocycles. The van der Waals surface area contributed by atoms with Crippen LogP contribution in [0.3, 0.4) is 0 Å². The van der Waals surface area contributed by atoms with Gasteiger partial charge in [0, 0.05) is 19.2 Å². The normalized spacial score (nSPS) is 10.8. The van der Waals surface area contributed by atoms with Crippen molar-refractivity contribution < 1.29 is 9.59 Å². The van der Waals surface area contributed by atoms with Crippen LogP contribution in [-0.2, 0) is 13.5 Å². The highest BCUT2D eigenvalue weighted by atomic mass is 16.2. The van der Waals surface area contributed by atoms with Gasteiger partial charge in [0.25, 0.3) is 11.8 Å². The van der Waals surface area contributed by atoms with E-state index in [4.69, 9.17) is 0 Å². The van der Waals surface area contributed by atoms with E-state index in [0.29, 0.717) is 11.3 Å². The number of carbonyl (C=O) groups is 2. The molecule has 3 aromatic rings. The number of aryl methyl sites for hydroxylation is 1. The number of rotatable bonds is 15. The van der Waals surface area contributed by atoms with E-state index in [1.54, 1.807) is 34.9 Å². The number of hydrogen-bond acceptors (Lipinski definition) is 3. The minimum Gasteiger partial charge on any atom is -0.371 e. The monoisotopic (exact) mass is 473 g/mol. The van der Waals surface area contributed by atoms with Crippen LogP contribution in [0.4, 0.5) is 5.82 Å². The number of amides is 2. The molecule has 2 aromatic carbocycles. The molecule has 35 heavy (non-hydrogen) atoms. The average Bonchev–Trinajstić information content (AvgIpc) is 3.26. The molecule has 1 heterocycles. The van der Waals surface area contributed by atoms with Gasteiger partial charge in [0.05, 0.1) is 0 Å². The Bertz CT molecular complexity index is 1030. The van der Waals surface area contributed by atoms with Crippen LogP contribution in [0.5, 0.6) is 0 Å². The molecule has 0 spiro atoms. The predicted molar refractivity (Wildman–Crippen MR) is 144 cm³/mol. The second kappa shape index (κ2) is 14.8. The summed E-state index contributed by atoms with van der Waals surface area (Å²) < 4.78 is 1.80. The number of benzene rings is 2. The maximum absolute atomic E-state index is 12.5. The number of imide groups is 1. The molecule has 0 saturated heterocycles. The summed E-state index contributed by atoms with van der Waals surface area (Å²) in [5, 5.41) is 5.87. The Morgan fingerprint density at radius 2 is 1.23 bits per heavy atom. The summed E-state index contributed by atoms with van der Waals surface area (Å²) in [6.07, 6.45) is 12.7. The summed E-state index contributed by atoms with van der Waals surface area (Å²) in [7, 11) is 1.84. The van der Waals surface area contributed by atoms with Gasteiger partial charge in [-0.15, -0.1) is 0 Å². The Morgan fingerprint density at radius 1 is 0.657 bits per heavy atom. The lowest BCUT2D eigenvalue weighted by atomic mass is 10.0. The van der Waals surface area contributed by atoms with Crippen molar-refractivity contribution >= 4 is 17.6 Å². The second-order valence-electron chi connectivity index (χ2n) is 9.16. The summed E-state index contributed by atoms with van der Waals surface area (Å²) in [4.78, 5) is 24.7. The third-order valence-electron chi connectivity index (χ3n) is 6.41. The third-order valence-corrected chi connectivity index (χ3v) is 6.41. The van der Waals surface area contributed by atoms with E-state index < -0.39 is 11.8 Å². The van der Waals surface area contributed by atoms with Gasteiger partial charge in [0.1, 0.15) is 11.5 Å². The summed E-state index contributed by atoms with van der Waals surface area (Å²) in [6, 6.07) is 23.2. The van der Waals surface area contributed by atoms with Crippen LogP contribution < -0.4 is 10.6 Å². The van der Waals surface area contributed by atoms with Gasteiger partial charge >= 0.3 is 0 Å². The van der Waals surface area contributed by atoms with Crippen LogP contribution in [0.15, 0.2) is 72.8 Å². The molecule has 0 aliphatic heterocycles. The Morgan fingerprint density at radius 3 is 1.89 bits per heavy atom. The van der Waals surface area contributed by atoms with Crippen LogP contribution in [0, 0.1) is 0 Å². The predicted octanol–water partition coefficient (Wildman–Crippen LogP) is 6.76. The Balaban J connectivity index is 1.22. The summed E-state index contributed by atoms with van der Waals surface area (Å²) >= 11 is 0. The molecule has 5 heteroatoms. The van der Waals surface area contributed by atoms with Gasteiger partial charge in [-0.25, -0.2) is 0 Å². The minimum absolute atomic E-state index is 0.390. The van der Waals surface area contributed by atoms with Crippen LogP contribution in [-0.4, -0.2) is 22.9 Å². The van der Waals surface area contributed by atoms with Gasteiger partial charge in [0.15, 0.2) is 0 Å². The van der Waals surface area contributed by atoms with E-state index in [-0.39, 0.29) is 0 Å². The van der Waals surface area contributed by atoms with Gasteiger partial charge < -0.3 is 9.88 Å². The van der Waals surface area contributed by atoms with Crippen molar-refractivity contribution in [1.29, 1.82) is 0 Å². The molecule has 0 fully saturated rings. The van der Waals surface area contributed by atoms with Crippen LogP contribution in [0.25, 0.3) is 0 Å². The van der Waals surface area contributed by atoms with E-state index in [1.807, 2.05) is 19.2 Å². The summed E-state index contributed by atoms with van der Waals surface area (Å²) in [5.74, 6) is 0.103. The molecular weight excluding hydrogens is 434 g/mol. The largest absolute Gasteiger partial charge is 0.371 e. The first-order chi connectivity index (χ1) is 17.1. The number of unbranched alkanes of at least 4 members (excludes halogenated alkanes) is 8. The molecule has 2 N–H and O–H groups in total. The lowest BCUT2D eigenvalue weighted by Crippen LogP contribution is -2.31. The third kappa shape index (κ3) is 9.08. The first kappa shape index (κ1) is 26.3. The van der Waals surface area contributed by atoms with Gasteiger partial charge in [0.2, 0.25) is 0 Å². The minimum atomic E-state index is -0.394. The van der Waals surface area contributed by atoms with Crippen LogP contribution in [0.2, 0.25) is 0 Å². The fourth-order valence-corrected chi connectivity index (χ4v) is 4.30. The molecule has 0 radical (unpaired) electrons. The summed E-state index contributed by atoms with van der Waals surface area (Å²) in [6.45, 7) is 0.876. The van der Waals surface area contributed by atoms with Crippen LogP contribution >= 0.6 is 0 Å². The topological polar surface area (TPSA) is 63.1 Å². The Hall–Kier alpha value is -3.34. The quantitative estimate of drug-likeness (QED) is 0.189. The zero-order valence-electron chi connectivity index (χ0n) is 21.0. The highest BCUT2D eigenvalue weighted by Crippen LogP contribution is 2.15. The molecule has 0 atom stereocenters. The molecule has 2 amide bonds. The van der Waals surface area contributed by atoms with Gasteiger partial charge in [-0.05, 0) is 49.1 Å². The van der Waals surface area contributed by atoms with E-state index >= 15 is 0 Å². The van der Waals surface area contributed by atoms with Crippen molar-refractivity contribution in [3.8, 4) is 0 Å². The van der Waals surface area contributed by atoms with Crippen molar-refractivity contribution in [3.05, 3.63) is 89.6 Å². The lowest BCUT2D eigenvalue weighted by molar-refractivity contribution is 0.0844. The maximum atomic E-state index is 12.5. The molecule has 1 aromatic heterocycles. The zero-order chi connectivity index (χ0) is 24.7. The zero-order valence-corrected chi connectivity index (χ0v) is 21.0. The van der Waals surface area contributed by atoms with Crippen molar-refractivity contribution in [1.82, 2.24) is 9.88 Å². The lowest BCUT2D eigenvalue weighted by Gasteiger charge is -2.10. The van der Waals surface area contributed by atoms with Crippen molar-refractivity contribution in [2.45, 2.75) is 64.2 Å². The number of nitrogens with zero attached hydrogens (tertiary/aromatic N) is 1. The number of anilines is 1. The van der Waals surface area contributed by atoms with E-state index in [0.717, 1.165) is 18.8 Å². The molecule has 3 rings (SSSR count). The van der Waals surface area contributed by atoms with Crippen LogP contribution in [0.1, 0.15) is 84.2 Å². The molecule has 0 aliphatic carbocycles. The maximum Gasteiger partial charge on any atom is 0.274 e. The number of nitrogens with one attached hydrogen (secondary N) is 2. The fourth-order valence-electron chi connectivity index (χ4n) is 4.30. The van der Waals surface area contributed by atoms with Gasteiger partial charge in [-0.2, -0.15) is 0 Å². The molecule has 0 aliphatic rings. The first-order valence-corrected chi connectivity index (χ1v) is 13.0. The van der Waals surface area contributed by atoms with Gasteiger partial charge in [-0.1, -0.05) is 93.5 Å². The molecule has 0 unspecified atom stereocenters. The highest BCUT2D eigenvalue weighted by Gasteiger charge is 2.16. The first-order valence-electron chi connectivity index (χ1n) is 13.0. The molecular formula is C30H39N3O2. The number of hydrogen-bond donors (Lipinski definition) is 2. The molecule has 186 valence electrons. The molecule has 0 bridgehead atoms. The standard InChI is InChI=1S/C30H39N3O2/c1-33-27(30(35)32-29(34)26-20-14-10-15-21-26)22-23-28(33)31-24-16-8-6-4-2-3-5-7-11-17-25-18-12-9-13-19-25/h9-10,12-15,18-23,31H,2-8,11,16-17,24H2,1H3,(H,32,34,35). The molecule has 5 nitrogen and oxygen atoms in total. The van der Waals surface area contributed by atoms with Gasteiger partial charge in [-0.3, -0.25) is 14.9 Å². The highest BCUT2D eigenvalue weighted by molar-refractivity contribution is 6.10. The van der Waals surface area contributed by atoms with Crippen molar-refractivity contribution in [2.24, 2.45) is 7.05 Å². The van der Waals surface area contributed by atoms with E-state index in [9.17, 15) is 9.59 Å². The van der Waals surface area contributed by atoms with Crippen molar-refractivity contribution in [3.63, 3.8) is 0 Å².